The van der Waals surface area contributed by atoms with E-state index < -0.39 is 0 Å². The summed E-state index contributed by atoms with van der Waals surface area (Å²) in [7, 11) is 0. The molecule has 1 aromatic carbocycles. The van der Waals surface area contributed by atoms with Crippen molar-refractivity contribution in [3.8, 4) is 5.88 Å². The normalized spacial score (nSPS) is 17.8. The number of ether oxygens (including phenoxy) is 1. The molecule has 1 aliphatic heterocycles. The Morgan fingerprint density at radius 2 is 1.79 bits per heavy atom. The van der Waals surface area contributed by atoms with Crippen LogP contribution in [-0.4, -0.2) is 22.3 Å². The van der Waals surface area contributed by atoms with E-state index in [-0.39, 0.29) is 0 Å². The lowest BCUT2D eigenvalue weighted by Gasteiger charge is -2.22. The average molecular weight is 322 g/mol. The highest BCUT2D eigenvalue weighted by atomic mass is 16.5. The second-order valence-corrected chi connectivity index (χ2v) is 6.61. The lowest BCUT2D eigenvalue weighted by atomic mass is 9.84. The zero-order valence-electron chi connectivity index (χ0n) is 14.0. The van der Waals surface area contributed by atoms with Gasteiger partial charge in [-0.15, -0.1) is 0 Å². The Morgan fingerprint density at radius 3 is 2.54 bits per heavy atom. The minimum Gasteiger partial charge on any atom is -0.469 e. The van der Waals surface area contributed by atoms with Crippen LogP contribution in [0.15, 0.2) is 29.3 Å². The fraction of sp³-hybridized carbons (Fsp3) is 0.421. The van der Waals surface area contributed by atoms with Crippen molar-refractivity contribution in [3.05, 3.63) is 41.2 Å². The van der Waals surface area contributed by atoms with Gasteiger partial charge in [-0.1, -0.05) is 43.5 Å². The number of nitrogens with two attached hydrogens (primary N) is 1. The molecule has 5 heteroatoms. The molecule has 24 heavy (non-hydrogen) atoms. The quantitative estimate of drug-likeness (QED) is 0.909. The molecule has 0 atom stereocenters. The Morgan fingerprint density at radius 1 is 1.04 bits per heavy atom. The van der Waals surface area contributed by atoms with Gasteiger partial charge < -0.3 is 10.5 Å². The van der Waals surface area contributed by atoms with Crippen molar-refractivity contribution in [2.24, 2.45) is 4.99 Å². The maximum Gasteiger partial charge on any atom is 0.246 e. The van der Waals surface area contributed by atoms with Gasteiger partial charge in [0.15, 0.2) is 11.5 Å². The van der Waals surface area contributed by atoms with Crippen LogP contribution < -0.4 is 10.5 Å². The van der Waals surface area contributed by atoms with Gasteiger partial charge in [0.05, 0.1) is 5.71 Å². The van der Waals surface area contributed by atoms with Crippen LogP contribution in [0.25, 0.3) is 0 Å². The Labute approximate surface area is 142 Å². The first kappa shape index (κ1) is 15.1. The first-order chi connectivity index (χ1) is 11.7. The molecule has 5 nitrogen and oxygen atoms in total. The van der Waals surface area contributed by atoms with Crippen LogP contribution in [0.5, 0.6) is 5.88 Å². The molecular formula is C19H22N4O. The van der Waals surface area contributed by atoms with Gasteiger partial charge in [-0.05, 0) is 36.8 Å². The number of aromatic nitrogens is 2. The Balaban J connectivity index is 1.61. The fourth-order valence-electron chi connectivity index (χ4n) is 3.60. The molecule has 0 saturated heterocycles. The number of hydrogen-bond acceptors (Lipinski definition) is 5. The molecule has 2 aromatic rings. The third kappa shape index (κ3) is 2.86. The lowest BCUT2D eigenvalue weighted by Crippen LogP contribution is -2.18. The van der Waals surface area contributed by atoms with Gasteiger partial charge in [-0.2, -0.15) is 4.98 Å². The van der Waals surface area contributed by atoms with E-state index in [1.165, 1.54) is 37.7 Å². The number of aliphatic imine (C=N–C) groups is 1. The maximum atomic E-state index is 5.97. The van der Waals surface area contributed by atoms with E-state index in [4.69, 9.17) is 10.5 Å². The summed E-state index contributed by atoms with van der Waals surface area (Å²) >= 11 is 0. The van der Waals surface area contributed by atoms with Crippen molar-refractivity contribution < 1.29 is 4.74 Å². The van der Waals surface area contributed by atoms with Gasteiger partial charge >= 0.3 is 0 Å². The van der Waals surface area contributed by atoms with E-state index in [0.29, 0.717) is 35.7 Å². The molecule has 0 amide bonds. The summed E-state index contributed by atoms with van der Waals surface area (Å²) in [5, 5.41) is 0. The summed E-state index contributed by atoms with van der Waals surface area (Å²) in [6, 6.07) is 8.75. The third-order valence-electron chi connectivity index (χ3n) is 4.90. The van der Waals surface area contributed by atoms with Crippen molar-refractivity contribution >= 4 is 17.2 Å². The van der Waals surface area contributed by atoms with Gasteiger partial charge in [-0.3, -0.25) is 0 Å². The average Bonchev–Trinajstić information content (AvgIpc) is 2.62. The van der Waals surface area contributed by atoms with E-state index in [0.717, 1.165) is 11.3 Å². The molecule has 2 N–H and O–H groups in total. The van der Waals surface area contributed by atoms with E-state index in [9.17, 15) is 0 Å². The molecule has 1 fully saturated rings. The molecule has 124 valence electrons. The second kappa shape index (κ2) is 6.23. The number of benzene rings is 1. The third-order valence-corrected chi connectivity index (χ3v) is 4.90. The minimum atomic E-state index is 0.369. The highest BCUT2D eigenvalue weighted by Gasteiger charge is 2.20. The van der Waals surface area contributed by atoms with Crippen molar-refractivity contribution in [1.29, 1.82) is 0 Å². The SMILES string of the molecule is Cc1nc(N)c2c(n1)OCC(c1ccc(C3CCCCC3)cc1)=N2. The van der Waals surface area contributed by atoms with Gasteiger partial charge in [0.2, 0.25) is 5.88 Å². The summed E-state index contributed by atoms with van der Waals surface area (Å²) in [4.78, 5) is 13.1. The van der Waals surface area contributed by atoms with Gasteiger partial charge in [0.25, 0.3) is 0 Å². The molecule has 0 bridgehead atoms. The highest BCUT2D eigenvalue weighted by molar-refractivity contribution is 6.04. The maximum absolute atomic E-state index is 5.97. The molecule has 1 saturated carbocycles. The van der Waals surface area contributed by atoms with E-state index in [2.05, 4.69) is 39.2 Å². The standard InChI is InChI=1S/C19H22N4O/c1-12-21-18(20)17-19(22-12)24-11-16(23-17)15-9-7-14(8-10-15)13-5-3-2-4-6-13/h7-10,13H,2-6,11H2,1H3,(H2,20,21,22). The summed E-state index contributed by atoms with van der Waals surface area (Å²) in [5.41, 5.74) is 9.89. The largest absolute Gasteiger partial charge is 0.469 e. The summed E-state index contributed by atoms with van der Waals surface area (Å²) in [6.45, 7) is 2.20. The van der Waals surface area contributed by atoms with Gasteiger partial charge in [0.1, 0.15) is 12.4 Å². The molecule has 4 rings (SSSR count). The molecule has 0 unspecified atom stereocenters. The topological polar surface area (TPSA) is 73.4 Å². The van der Waals surface area contributed by atoms with Crippen LogP contribution >= 0.6 is 0 Å². The van der Waals surface area contributed by atoms with Crippen LogP contribution in [0.4, 0.5) is 11.5 Å². The molecule has 0 radical (unpaired) electrons. The number of hydrogen-bond donors (Lipinski definition) is 1. The predicted octanol–water partition coefficient (Wildman–Crippen LogP) is 3.93. The van der Waals surface area contributed by atoms with Crippen molar-refractivity contribution in [1.82, 2.24) is 9.97 Å². The monoisotopic (exact) mass is 322 g/mol. The van der Waals surface area contributed by atoms with E-state index in [1.54, 1.807) is 6.92 Å². The van der Waals surface area contributed by atoms with Crippen LogP contribution in [-0.2, 0) is 0 Å². The van der Waals surface area contributed by atoms with Crippen LogP contribution in [0, 0.1) is 6.92 Å². The predicted molar refractivity (Wildman–Crippen MR) is 95.1 cm³/mol. The van der Waals surface area contributed by atoms with Crippen molar-refractivity contribution in [2.75, 3.05) is 12.3 Å². The number of fused-ring (bicyclic) bond motifs is 1. The Hall–Kier alpha value is -2.43. The minimum absolute atomic E-state index is 0.369. The zero-order chi connectivity index (χ0) is 16.5. The Bertz CT molecular complexity index is 777. The van der Waals surface area contributed by atoms with Crippen molar-refractivity contribution in [2.45, 2.75) is 44.9 Å². The Kier molecular flexibility index (Phi) is 3.92. The second-order valence-electron chi connectivity index (χ2n) is 6.61. The van der Waals surface area contributed by atoms with Crippen LogP contribution in [0.1, 0.15) is 55.0 Å². The zero-order valence-corrected chi connectivity index (χ0v) is 14.0. The van der Waals surface area contributed by atoms with Crippen LogP contribution in [0.3, 0.4) is 0 Å². The van der Waals surface area contributed by atoms with Gasteiger partial charge in [-0.25, -0.2) is 9.98 Å². The molecule has 2 heterocycles. The van der Waals surface area contributed by atoms with Crippen LogP contribution in [0.2, 0.25) is 0 Å². The smallest absolute Gasteiger partial charge is 0.246 e. The first-order valence-corrected chi connectivity index (χ1v) is 8.65. The summed E-state index contributed by atoms with van der Waals surface area (Å²) in [5.74, 6) is 2.16. The molecular weight excluding hydrogens is 300 g/mol. The number of aryl methyl sites for hydroxylation is 1. The molecule has 0 spiro atoms. The first-order valence-electron chi connectivity index (χ1n) is 8.65. The number of nitrogen functional groups attached to an aromatic ring is 1. The molecule has 1 aliphatic carbocycles. The lowest BCUT2D eigenvalue weighted by molar-refractivity contribution is 0.356. The fourth-order valence-corrected chi connectivity index (χ4v) is 3.60. The number of anilines is 1. The number of rotatable bonds is 2. The van der Waals surface area contributed by atoms with Crippen molar-refractivity contribution in [3.63, 3.8) is 0 Å². The van der Waals surface area contributed by atoms with Gasteiger partial charge in [0, 0.05) is 0 Å². The molecule has 1 aromatic heterocycles. The van der Waals surface area contributed by atoms with E-state index in [1.807, 2.05) is 0 Å². The van der Waals surface area contributed by atoms with E-state index >= 15 is 0 Å². The highest BCUT2D eigenvalue weighted by Crippen LogP contribution is 2.35. The summed E-state index contributed by atoms with van der Waals surface area (Å²) in [6.07, 6.45) is 6.70. The number of nitrogens with zero attached hydrogens (tertiary/aromatic N) is 3. The summed E-state index contributed by atoms with van der Waals surface area (Å²) < 4.78 is 5.74. The molecule has 2 aliphatic rings.